The first-order chi connectivity index (χ1) is 14.0. The highest BCUT2D eigenvalue weighted by Crippen LogP contribution is 2.24. The van der Waals surface area contributed by atoms with Crippen LogP contribution in [0.1, 0.15) is 40.3 Å². The van der Waals surface area contributed by atoms with E-state index in [0.717, 1.165) is 35.3 Å². The Labute approximate surface area is 171 Å². The van der Waals surface area contributed by atoms with Crippen LogP contribution in [-0.2, 0) is 0 Å². The summed E-state index contributed by atoms with van der Waals surface area (Å²) in [5.41, 5.74) is 3.95. The van der Waals surface area contributed by atoms with Gasteiger partial charge in [0.2, 0.25) is 11.7 Å². The van der Waals surface area contributed by atoms with Gasteiger partial charge in [0, 0.05) is 37.3 Å². The molecule has 6 heteroatoms. The van der Waals surface area contributed by atoms with Gasteiger partial charge in [0.15, 0.2) is 0 Å². The number of aryl methyl sites for hydroxylation is 1. The van der Waals surface area contributed by atoms with Crippen molar-refractivity contribution in [3.63, 3.8) is 0 Å². The Bertz CT molecular complexity index is 991. The molecule has 0 bridgehead atoms. The van der Waals surface area contributed by atoms with E-state index in [2.05, 4.69) is 22.0 Å². The molecule has 0 aliphatic carbocycles. The number of amides is 1. The zero-order valence-electron chi connectivity index (χ0n) is 17.1. The Morgan fingerprint density at radius 3 is 2.45 bits per heavy atom. The Morgan fingerprint density at radius 2 is 1.72 bits per heavy atom. The molecular formula is C23H26N4O2. The number of nitrogens with zero attached hydrogens (tertiary/aromatic N) is 4. The maximum Gasteiger partial charge on any atom is 0.254 e. The van der Waals surface area contributed by atoms with Gasteiger partial charge in [0.1, 0.15) is 0 Å². The van der Waals surface area contributed by atoms with E-state index in [4.69, 9.17) is 4.52 Å². The molecule has 2 aromatic carbocycles. The third kappa shape index (κ3) is 3.93. The van der Waals surface area contributed by atoms with Crippen LogP contribution in [0.5, 0.6) is 0 Å². The number of hydrogen-bond acceptors (Lipinski definition) is 5. The maximum atomic E-state index is 12.9. The van der Waals surface area contributed by atoms with Crippen LogP contribution in [0.15, 0.2) is 53.1 Å². The number of carbonyl (C=O) groups is 1. The lowest BCUT2D eigenvalue weighted by Crippen LogP contribution is -2.49. The summed E-state index contributed by atoms with van der Waals surface area (Å²) in [5.74, 6) is 1.33. The van der Waals surface area contributed by atoms with Gasteiger partial charge in [-0.2, -0.15) is 4.98 Å². The van der Waals surface area contributed by atoms with Crippen molar-refractivity contribution < 1.29 is 9.32 Å². The van der Waals surface area contributed by atoms with E-state index in [1.807, 2.05) is 67.3 Å². The van der Waals surface area contributed by atoms with Crippen LogP contribution in [0.2, 0.25) is 0 Å². The minimum absolute atomic E-state index is 0.0120. The van der Waals surface area contributed by atoms with E-state index in [-0.39, 0.29) is 11.9 Å². The summed E-state index contributed by atoms with van der Waals surface area (Å²) in [6, 6.07) is 15.7. The van der Waals surface area contributed by atoms with Crippen molar-refractivity contribution in [3.8, 4) is 11.4 Å². The summed E-state index contributed by atoms with van der Waals surface area (Å²) < 4.78 is 5.52. The fraction of sp³-hybridized carbons (Fsp3) is 0.348. The minimum Gasteiger partial charge on any atom is -0.337 e. The second-order valence-electron chi connectivity index (χ2n) is 7.57. The van der Waals surface area contributed by atoms with Crippen LogP contribution in [0.4, 0.5) is 0 Å². The van der Waals surface area contributed by atoms with Crippen molar-refractivity contribution in [2.24, 2.45) is 0 Å². The molecule has 1 atom stereocenters. The number of hydrogen-bond donors (Lipinski definition) is 0. The van der Waals surface area contributed by atoms with Crippen LogP contribution >= 0.6 is 0 Å². The van der Waals surface area contributed by atoms with E-state index >= 15 is 0 Å². The molecule has 4 rings (SSSR count). The normalized spacial score (nSPS) is 16.0. The summed E-state index contributed by atoms with van der Waals surface area (Å²) in [7, 11) is 0. The lowest BCUT2D eigenvalue weighted by molar-refractivity contribution is 0.0551. The molecule has 0 spiro atoms. The summed E-state index contributed by atoms with van der Waals surface area (Å²) in [6.45, 7) is 9.07. The molecule has 3 aromatic rings. The minimum atomic E-state index is 0.0120. The van der Waals surface area contributed by atoms with Crippen molar-refractivity contribution in [2.45, 2.75) is 26.8 Å². The average Bonchev–Trinajstić information content (AvgIpc) is 3.26. The summed E-state index contributed by atoms with van der Waals surface area (Å²) in [5, 5.41) is 4.13. The van der Waals surface area contributed by atoms with Crippen LogP contribution in [0, 0.1) is 13.8 Å². The summed E-state index contributed by atoms with van der Waals surface area (Å²) in [6.07, 6.45) is 0. The fourth-order valence-corrected chi connectivity index (χ4v) is 3.73. The first kappa shape index (κ1) is 19.3. The Hall–Kier alpha value is -2.99. The first-order valence-corrected chi connectivity index (χ1v) is 10.0. The van der Waals surface area contributed by atoms with Gasteiger partial charge in [0.25, 0.3) is 5.91 Å². The summed E-state index contributed by atoms with van der Waals surface area (Å²) in [4.78, 5) is 21.8. The molecule has 1 aliphatic heterocycles. The van der Waals surface area contributed by atoms with Gasteiger partial charge in [-0.3, -0.25) is 9.69 Å². The van der Waals surface area contributed by atoms with Crippen LogP contribution in [-0.4, -0.2) is 52.0 Å². The van der Waals surface area contributed by atoms with Gasteiger partial charge < -0.3 is 9.42 Å². The zero-order chi connectivity index (χ0) is 20.4. The second-order valence-corrected chi connectivity index (χ2v) is 7.57. The highest BCUT2D eigenvalue weighted by Gasteiger charge is 2.28. The van der Waals surface area contributed by atoms with Crippen LogP contribution < -0.4 is 0 Å². The van der Waals surface area contributed by atoms with Crippen molar-refractivity contribution in [1.29, 1.82) is 0 Å². The van der Waals surface area contributed by atoms with E-state index in [1.165, 1.54) is 0 Å². The number of carbonyl (C=O) groups excluding carboxylic acids is 1. The Morgan fingerprint density at radius 1 is 1.00 bits per heavy atom. The Balaban J connectivity index is 1.40. The molecule has 1 aliphatic rings. The lowest BCUT2D eigenvalue weighted by atomic mass is 10.0. The highest BCUT2D eigenvalue weighted by atomic mass is 16.5. The molecule has 1 saturated heterocycles. The highest BCUT2D eigenvalue weighted by molar-refractivity contribution is 5.96. The molecular weight excluding hydrogens is 364 g/mol. The van der Waals surface area contributed by atoms with Gasteiger partial charge >= 0.3 is 0 Å². The van der Waals surface area contributed by atoms with Crippen LogP contribution in [0.3, 0.4) is 0 Å². The number of rotatable bonds is 4. The molecule has 2 heterocycles. The largest absolute Gasteiger partial charge is 0.337 e. The molecule has 0 radical (unpaired) electrons. The molecule has 29 heavy (non-hydrogen) atoms. The molecule has 1 aromatic heterocycles. The zero-order valence-corrected chi connectivity index (χ0v) is 17.1. The first-order valence-electron chi connectivity index (χ1n) is 10.0. The third-order valence-electron chi connectivity index (χ3n) is 5.82. The van der Waals surface area contributed by atoms with Crippen molar-refractivity contribution >= 4 is 5.91 Å². The van der Waals surface area contributed by atoms with Gasteiger partial charge in [-0.15, -0.1) is 0 Å². The van der Waals surface area contributed by atoms with Gasteiger partial charge in [-0.05, 0) is 38.0 Å². The quantitative estimate of drug-likeness (QED) is 0.677. The maximum absolute atomic E-state index is 12.9. The molecule has 1 fully saturated rings. The monoisotopic (exact) mass is 390 g/mol. The van der Waals surface area contributed by atoms with Crippen molar-refractivity contribution in [3.05, 3.63) is 71.1 Å². The Kier molecular flexibility index (Phi) is 5.45. The number of aromatic nitrogens is 2. The molecule has 1 unspecified atom stereocenters. The fourth-order valence-electron chi connectivity index (χ4n) is 3.73. The number of benzene rings is 2. The molecule has 150 valence electrons. The van der Waals surface area contributed by atoms with E-state index in [0.29, 0.717) is 24.8 Å². The third-order valence-corrected chi connectivity index (χ3v) is 5.82. The standard InChI is InChI=1S/C23H26N4O2/c1-16-8-7-11-20(17(16)2)23(28)27-14-12-26(13-15-27)18(3)22-24-21(25-29-22)19-9-5-4-6-10-19/h4-11,18H,12-15H2,1-3H3. The number of piperazine rings is 1. The van der Waals surface area contributed by atoms with E-state index < -0.39 is 0 Å². The molecule has 1 amide bonds. The lowest BCUT2D eigenvalue weighted by Gasteiger charge is -2.37. The van der Waals surface area contributed by atoms with Gasteiger partial charge in [0.05, 0.1) is 6.04 Å². The molecule has 0 saturated carbocycles. The SMILES string of the molecule is Cc1cccc(C(=O)N2CCN(C(C)c3nc(-c4ccccc4)no3)CC2)c1C. The van der Waals surface area contributed by atoms with Crippen LogP contribution in [0.25, 0.3) is 11.4 Å². The van der Waals surface area contributed by atoms with E-state index in [1.54, 1.807) is 0 Å². The van der Waals surface area contributed by atoms with Gasteiger partial charge in [-0.25, -0.2) is 0 Å². The molecule has 6 nitrogen and oxygen atoms in total. The predicted molar refractivity (Wildman–Crippen MR) is 112 cm³/mol. The molecule has 0 N–H and O–H groups in total. The second kappa shape index (κ2) is 8.17. The predicted octanol–water partition coefficient (Wildman–Crippen LogP) is 3.87. The van der Waals surface area contributed by atoms with Crippen molar-refractivity contribution in [1.82, 2.24) is 19.9 Å². The average molecular weight is 390 g/mol. The summed E-state index contributed by atoms with van der Waals surface area (Å²) >= 11 is 0. The topological polar surface area (TPSA) is 62.5 Å². The van der Waals surface area contributed by atoms with Gasteiger partial charge in [-0.1, -0.05) is 47.6 Å². The smallest absolute Gasteiger partial charge is 0.254 e. The van der Waals surface area contributed by atoms with E-state index in [9.17, 15) is 4.79 Å². The van der Waals surface area contributed by atoms with Crippen molar-refractivity contribution in [2.75, 3.05) is 26.2 Å².